The third kappa shape index (κ3) is 1.68. The van der Waals surface area contributed by atoms with Crippen LogP contribution in [0.25, 0.3) is 6.08 Å². The summed E-state index contributed by atoms with van der Waals surface area (Å²) >= 11 is 0. The highest BCUT2D eigenvalue weighted by Gasteiger charge is 2.11. The highest BCUT2D eigenvalue weighted by Crippen LogP contribution is 2.29. The van der Waals surface area contributed by atoms with Crippen molar-refractivity contribution in [2.75, 3.05) is 0 Å². The monoisotopic (exact) mass is 169 g/mol. The molecule has 13 heavy (non-hydrogen) atoms. The average Bonchev–Trinajstić information content (AvgIpc) is 2.64. The van der Waals surface area contributed by atoms with Crippen LogP contribution in [-0.2, 0) is 0 Å². The zero-order chi connectivity index (χ0) is 9.68. The lowest BCUT2D eigenvalue weighted by Gasteiger charge is -2.03. The minimum atomic E-state index is 0.436. The van der Waals surface area contributed by atoms with E-state index in [0.29, 0.717) is 5.92 Å². The molecular weight excluding hydrogens is 158 g/mol. The van der Waals surface area contributed by atoms with Gasteiger partial charge in [0.2, 0.25) is 0 Å². The van der Waals surface area contributed by atoms with Crippen molar-refractivity contribution in [3.05, 3.63) is 54.1 Å². The number of nitrogens with zero attached hydrogens (tertiary/aromatic N) is 1. The predicted octanol–water partition coefficient (Wildman–Crippen LogP) is 3.12. The first kappa shape index (κ1) is 9.28. The van der Waals surface area contributed by atoms with Gasteiger partial charge in [0, 0.05) is 12.5 Å². The van der Waals surface area contributed by atoms with Crippen molar-refractivity contribution in [1.29, 1.82) is 5.26 Å². The summed E-state index contributed by atoms with van der Waals surface area (Å²) in [6, 6.07) is 8.42. The van der Waals surface area contributed by atoms with E-state index in [1.54, 1.807) is 0 Å². The van der Waals surface area contributed by atoms with Gasteiger partial charge in [0.05, 0.1) is 0 Å². The van der Waals surface area contributed by atoms with Crippen molar-refractivity contribution in [3.63, 3.8) is 0 Å². The summed E-state index contributed by atoms with van der Waals surface area (Å²) in [5.41, 5.74) is 2.71. The quantitative estimate of drug-likeness (QED) is 0.592. The van der Waals surface area contributed by atoms with Crippen molar-refractivity contribution in [3.8, 4) is 6.57 Å². The smallest absolute Gasteiger partial charge is 0.0462 e. The molecule has 1 aromatic carbocycles. The zero-order valence-electron chi connectivity index (χ0n) is 7.35. The Labute approximate surface area is 78.6 Å². The molecule has 0 spiro atoms. The molecule has 0 bridgehead atoms. The van der Waals surface area contributed by atoms with Crippen molar-refractivity contribution in [2.24, 2.45) is 0 Å². The summed E-state index contributed by atoms with van der Waals surface area (Å²) in [5.74, 6) is 0.436. The van der Waals surface area contributed by atoms with Gasteiger partial charge in [0.1, 0.15) is 0 Å². The van der Waals surface area contributed by atoms with E-state index < -0.39 is 0 Å². The summed E-state index contributed by atoms with van der Waals surface area (Å²) < 4.78 is 0. The molecule has 1 aliphatic rings. The molecule has 1 aromatic rings. The van der Waals surface area contributed by atoms with Gasteiger partial charge in [-0.25, -0.2) is 5.26 Å². The minimum Gasteiger partial charge on any atom is -0.202 e. The maximum atomic E-state index is 6.50. The lowest BCUT2D eigenvalue weighted by atomic mass is 10.0. The molecule has 2 rings (SSSR count). The number of benzene rings is 1. The van der Waals surface area contributed by atoms with Gasteiger partial charge in [-0.05, 0) is 11.1 Å². The third-order valence-electron chi connectivity index (χ3n) is 2.09. The van der Waals surface area contributed by atoms with Crippen LogP contribution in [0.1, 0.15) is 17.0 Å². The Bertz CT molecular complexity index is 347. The Hall–Kier alpha value is -1.81. The molecule has 0 N–H and O–H groups in total. The van der Waals surface area contributed by atoms with Gasteiger partial charge in [0.15, 0.2) is 0 Å². The first-order valence-corrected chi connectivity index (χ1v) is 4.07. The number of hydrogen-bond acceptors (Lipinski definition) is 1. The Morgan fingerprint density at radius 1 is 1.31 bits per heavy atom. The zero-order valence-corrected chi connectivity index (χ0v) is 7.35. The summed E-state index contributed by atoms with van der Waals surface area (Å²) in [5, 5.41) is 6.50. The molecule has 0 saturated carbocycles. The summed E-state index contributed by atoms with van der Waals surface area (Å²) in [6.45, 7) is 7.29. The second-order valence-electron chi connectivity index (χ2n) is 2.75. The van der Waals surface area contributed by atoms with Gasteiger partial charge in [-0.15, -0.1) is 6.58 Å². The van der Waals surface area contributed by atoms with Crippen LogP contribution in [0, 0.1) is 11.8 Å². The highest BCUT2D eigenvalue weighted by atomic mass is 14.2. The number of hydrogen-bond donors (Lipinski definition) is 0. The van der Waals surface area contributed by atoms with Crippen molar-refractivity contribution in [1.82, 2.24) is 0 Å². The topological polar surface area (TPSA) is 23.8 Å². The van der Waals surface area contributed by atoms with E-state index in [1.165, 1.54) is 11.1 Å². The van der Waals surface area contributed by atoms with Gasteiger partial charge in [0.25, 0.3) is 0 Å². The van der Waals surface area contributed by atoms with E-state index in [0.717, 1.165) is 0 Å². The fraction of sp³-hybridized carbons (Fsp3) is 0.0833. The molecule has 64 valence electrons. The molecule has 0 amide bonds. The van der Waals surface area contributed by atoms with Crippen LogP contribution >= 0.6 is 0 Å². The molecule has 1 heteroatoms. The standard InChI is InChI=1S/C11H10.CHN/c1-2-9-7-8-10-5-3-4-6-11(9)10;1-2/h2-9H,1H2;1H. The van der Waals surface area contributed by atoms with Gasteiger partial charge in [-0.2, -0.15) is 0 Å². The number of allylic oxidation sites excluding steroid dienone is 2. The number of nitriles is 1. The van der Waals surface area contributed by atoms with Crippen LogP contribution in [0.3, 0.4) is 0 Å². The first-order valence-electron chi connectivity index (χ1n) is 4.07. The normalized spacial score (nSPS) is 16.9. The van der Waals surface area contributed by atoms with Crippen LogP contribution in [0.4, 0.5) is 0 Å². The van der Waals surface area contributed by atoms with E-state index in [-0.39, 0.29) is 0 Å². The number of fused-ring (bicyclic) bond motifs is 1. The van der Waals surface area contributed by atoms with E-state index in [4.69, 9.17) is 5.26 Å². The first-order chi connectivity index (χ1) is 6.42. The molecule has 0 radical (unpaired) electrons. The van der Waals surface area contributed by atoms with E-state index in [1.807, 2.05) is 6.08 Å². The van der Waals surface area contributed by atoms with Crippen molar-refractivity contribution < 1.29 is 0 Å². The lowest BCUT2D eigenvalue weighted by molar-refractivity contribution is 1.12. The number of rotatable bonds is 1. The third-order valence-corrected chi connectivity index (χ3v) is 2.09. The van der Waals surface area contributed by atoms with Crippen LogP contribution < -0.4 is 0 Å². The molecule has 1 unspecified atom stereocenters. The van der Waals surface area contributed by atoms with Gasteiger partial charge < -0.3 is 0 Å². The summed E-state index contributed by atoms with van der Waals surface area (Å²) in [6.07, 6.45) is 6.31. The van der Waals surface area contributed by atoms with Gasteiger partial charge in [-0.3, -0.25) is 0 Å². The van der Waals surface area contributed by atoms with Crippen LogP contribution in [0.15, 0.2) is 43.0 Å². The second kappa shape index (κ2) is 4.27. The van der Waals surface area contributed by atoms with E-state index in [2.05, 4.69) is 49.6 Å². The fourth-order valence-corrected chi connectivity index (χ4v) is 1.48. The van der Waals surface area contributed by atoms with Crippen molar-refractivity contribution in [2.45, 2.75) is 5.92 Å². The van der Waals surface area contributed by atoms with Crippen LogP contribution in [0.2, 0.25) is 0 Å². The molecule has 0 aliphatic heterocycles. The molecule has 0 aromatic heterocycles. The predicted molar refractivity (Wildman–Crippen MR) is 55.1 cm³/mol. The Morgan fingerprint density at radius 2 is 2.00 bits per heavy atom. The van der Waals surface area contributed by atoms with E-state index in [9.17, 15) is 0 Å². The average molecular weight is 169 g/mol. The Morgan fingerprint density at radius 3 is 2.69 bits per heavy atom. The summed E-state index contributed by atoms with van der Waals surface area (Å²) in [7, 11) is 0. The second-order valence-corrected chi connectivity index (χ2v) is 2.75. The maximum absolute atomic E-state index is 6.50. The molecule has 1 nitrogen and oxygen atoms in total. The molecule has 1 atom stereocenters. The maximum Gasteiger partial charge on any atom is 0.0462 e. The molecule has 1 aliphatic carbocycles. The van der Waals surface area contributed by atoms with Crippen LogP contribution in [0.5, 0.6) is 0 Å². The highest BCUT2D eigenvalue weighted by molar-refractivity contribution is 5.63. The Kier molecular flexibility index (Phi) is 3.05. The van der Waals surface area contributed by atoms with Crippen LogP contribution in [-0.4, -0.2) is 0 Å². The molecular formula is C12H11N. The Balaban J connectivity index is 0.000000396. The fourth-order valence-electron chi connectivity index (χ4n) is 1.48. The van der Waals surface area contributed by atoms with Gasteiger partial charge in [-0.1, -0.05) is 42.5 Å². The SMILES string of the molecule is C#N.C=CC1C=Cc2ccccc21. The molecule has 0 fully saturated rings. The van der Waals surface area contributed by atoms with E-state index >= 15 is 0 Å². The van der Waals surface area contributed by atoms with Crippen molar-refractivity contribution >= 4 is 6.08 Å². The summed E-state index contributed by atoms with van der Waals surface area (Å²) in [4.78, 5) is 0. The largest absolute Gasteiger partial charge is 0.202 e. The molecule has 0 saturated heterocycles. The molecule has 0 heterocycles. The minimum absolute atomic E-state index is 0.436. The van der Waals surface area contributed by atoms with Gasteiger partial charge >= 0.3 is 0 Å². The lowest BCUT2D eigenvalue weighted by Crippen LogP contribution is -1.86.